The van der Waals surface area contributed by atoms with Gasteiger partial charge in [-0.2, -0.15) is 0 Å². The monoisotopic (exact) mass is 217 g/mol. The van der Waals surface area contributed by atoms with E-state index in [1.165, 1.54) is 6.92 Å². The van der Waals surface area contributed by atoms with Crippen molar-refractivity contribution in [3.05, 3.63) is 0 Å². The molecule has 0 aliphatic rings. The van der Waals surface area contributed by atoms with E-state index in [0.717, 1.165) is 0 Å². The number of carbonyl (C=O) groups excluding carboxylic acids is 1. The smallest absolute Gasteiger partial charge is 0.363 e. The summed E-state index contributed by atoms with van der Waals surface area (Å²) >= 11 is 0. The van der Waals surface area contributed by atoms with Crippen LogP contribution in [0.2, 0.25) is 0 Å². The van der Waals surface area contributed by atoms with Gasteiger partial charge in [0.25, 0.3) is 10.5 Å². The van der Waals surface area contributed by atoms with Gasteiger partial charge in [0, 0.05) is 6.92 Å². The first-order chi connectivity index (χ1) is 5.42. The number of carbonyl (C=O) groups is 1. The van der Waals surface area contributed by atoms with Crippen LogP contribution in [0.15, 0.2) is 0 Å². The molecular weight excluding hydrogens is 205 g/mol. The quantitative estimate of drug-likeness (QED) is 0.258. The molecule has 0 N–H and O–H groups in total. The zero-order chi connectivity index (χ0) is 11.3. The van der Waals surface area contributed by atoms with Crippen molar-refractivity contribution in [2.45, 2.75) is 6.92 Å². The molecule has 0 spiro atoms. The van der Waals surface area contributed by atoms with Crippen LogP contribution < -0.4 is 0 Å². The van der Waals surface area contributed by atoms with Gasteiger partial charge in [-0.3, -0.25) is 4.84 Å². The topological polar surface area (TPSA) is 83.5 Å². The molecule has 80 valence electrons. The molecule has 0 aliphatic heterocycles. The van der Waals surface area contributed by atoms with Crippen LogP contribution in [0.5, 0.6) is 0 Å². The van der Waals surface area contributed by atoms with E-state index < -0.39 is 10.5 Å². The predicted octanol–water partition coefficient (Wildman–Crippen LogP) is -0.413. The van der Waals surface area contributed by atoms with Crippen LogP contribution in [0.1, 0.15) is 6.92 Å². The lowest BCUT2D eigenvalue weighted by molar-refractivity contribution is -1.04. The molecule has 0 unspecified atom stereocenters. The number of hydrogen-bond acceptors (Lipinski definition) is 5. The van der Waals surface area contributed by atoms with Crippen LogP contribution >= 0.6 is 0 Å². The lowest BCUT2D eigenvalue weighted by Gasteiger charge is -2.18. The van der Waals surface area contributed by atoms with Crippen LogP contribution in [0.3, 0.4) is 0 Å². The second-order valence-electron chi connectivity index (χ2n) is 2.87. The first-order valence-corrected chi connectivity index (χ1v) is 4.40. The Kier molecular flexibility index (Phi) is 5.79. The number of hydrogen-bond donors (Lipinski definition) is 0. The van der Waals surface area contributed by atoms with E-state index in [1.807, 2.05) is 0 Å². The van der Waals surface area contributed by atoms with Gasteiger partial charge in [0.2, 0.25) is 0 Å². The molecule has 0 radical (unpaired) electrons. The average Bonchev–Trinajstić information content (AvgIpc) is 1.47. The highest BCUT2D eigenvalue weighted by Crippen LogP contribution is 1.90. The summed E-state index contributed by atoms with van der Waals surface area (Å²) in [6.07, 6.45) is 0. The molecule has 0 aromatic carbocycles. The van der Waals surface area contributed by atoms with Crippen molar-refractivity contribution in [1.82, 2.24) is 0 Å². The molecule has 0 rings (SSSR count). The van der Waals surface area contributed by atoms with Crippen LogP contribution in [0, 0.1) is 0 Å². The second kappa shape index (κ2) is 5.10. The summed E-state index contributed by atoms with van der Waals surface area (Å²) in [4.78, 5) is 15.0. The molecule has 8 heteroatoms. The van der Waals surface area contributed by atoms with Crippen molar-refractivity contribution >= 4 is 16.5 Å². The van der Waals surface area contributed by atoms with Crippen molar-refractivity contribution in [2.24, 2.45) is 0 Å². The van der Waals surface area contributed by atoms with Gasteiger partial charge in [0.15, 0.2) is 0 Å². The number of hydroxylamine groups is 3. The fourth-order valence-electron chi connectivity index (χ4n) is 0.386. The highest BCUT2D eigenvalue weighted by atomic mass is 32.3. The van der Waals surface area contributed by atoms with Gasteiger partial charge in [-0.15, -0.1) is 8.53 Å². The summed E-state index contributed by atoms with van der Waals surface area (Å²) in [5.41, 5.74) is 0. The minimum absolute atomic E-state index is 0.231. The summed E-state index contributed by atoms with van der Waals surface area (Å²) in [7, 11) is -0.0792. The van der Waals surface area contributed by atoms with Crippen molar-refractivity contribution in [1.29, 1.82) is 0 Å². The first-order valence-electron chi connectivity index (χ1n) is 3.09. The van der Waals surface area contributed by atoms with E-state index in [0.29, 0.717) is 0 Å². The molecule has 0 aliphatic carbocycles. The van der Waals surface area contributed by atoms with E-state index in [-0.39, 0.29) is 10.6 Å². The third kappa shape index (κ3) is 53.1. The Hall–Kier alpha value is -0.730. The maximum atomic E-state index is 10.2. The summed E-state index contributed by atoms with van der Waals surface area (Å²) in [6, 6.07) is 0. The lowest BCUT2D eigenvalue weighted by Crippen LogP contribution is -2.36. The molecule has 13 heavy (non-hydrogen) atoms. The largest absolute Gasteiger partial charge is 0.722 e. The summed E-state index contributed by atoms with van der Waals surface area (Å²) < 4.78 is 35.6. The normalized spacial score (nSPS) is 11.2. The Balaban J connectivity index is 0. The molecule has 0 aromatic heterocycles. The van der Waals surface area contributed by atoms with E-state index in [9.17, 15) is 8.68 Å². The number of rotatable bonds is 1. The Morgan fingerprint density at radius 1 is 1.38 bits per heavy atom. The van der Waals surface area contributed by atoms with E-state index >= 15 is 0 Å². The number of quaternary nitrogens is 1. The van der Waals surface area contributed by atoms with Crippen LogP contribution in [0.25, 0.3) is 0 Å². The van der Waals surface area contributed by atoms with Crippen molar-refractivity contribution < 1.29 is 31.1 Å². The fourth-order valence-corrected chi connectivity index (χ4v) is 0.386. The first kappa shape index (κ1) is 14.8. The maximum absolute atomic E-state index is 10.2. The number of halogens is 1. The summed E-state index contributed by atoms with van der Waals surface area (Å²) in [5.74, 6) is -0.252. The van der Waals surface area contributed by atoms with Crippen molar-refractivity contribution in [3.63, 3.8) is 0 Å². The molecule has 6 nitrogen and oxygen atoms in total. The summed E-state index contributed by atoms with van der Waals surface area (Å²) in [5, 5.41) is 0. The van der Waals surface area contributed by atoms with Crippen molar-refractivity contribution in [3.8, 4) is 0 Å². The zero-order valence-corrected chi connectivity index (χ0v) is 8.59. The van der Waals surface area contributed by atoms with Gasteiger partial charge in [0.05, 0.1) is 0 Å². The van der Waals surface area contributed by atoms with Crippen LogP contribution in [-0.2, 0) is 20.1 Å². The Labute approximate surface area is 76.5 Å². The van der Waals surface area contributed by atoms with Gasteiger partial charge >= 0.3 is 5.97 Å². The third-order valence-corrected chi connectivity index (χ3v) is 0.402. The molecule has 0 fully saturated rings. The van der Waals surface area contributed by atoms with E-state index in [1.54, 1.807) is 21.1 Å². The SMILES string of the molecule is CC(=O)O[N+](C)(C)C.O=S(=O)([O-])F. The molecule has 0 saturated carbocycles. The predicted molar refractivity (Wildman–Crippen MR) is 40.6 cm³/mol. The van der Waals surface area contributed by atoms with Gasteiger partial charge in [-0.1, -0.05) is 0 Å². The minimum atomic E-state index is -5.42. The van der Waals surface area contributed by atoms with E-state index in [2.05, 4.69) is 0 Å². The van der Waals surface area contributed by atoms with Gasteiger partial charge in [0.1, 0.15) is 21.1 Å². The average molecular weight is 217 g/mol. The molecule has 0 amide bonds. The zero-order valence-electron chi connectivity index (χ0n) is 7.77. The minimum Gasteiger partial charge on any atom is -0.722 e. The summed E-state index contributed by atoms with van der Waals surface area (Å²) in [6.45, 7) is 1.39. The Morgan fingerprint density at radius 2 is 1.62 bits per heavy atom. The molecule has 0 bridgehead atoms. The molecular formula is C5H12FNO5S. The van der Waals surface area contributed by atoms with Crippen molar-refractivity contribution in [2.75, 3.05) is 21.1 Å². The highest BCUT2D eigenvalue weighted by molar-refractivity contribution is 7.80. The lowest BCUT2D eigenvalue weighted by atomic mass is 10.8. The maximum Gasteiger partial charge on any atom is 0.363 e. The molecule has 0 aromatic rings. The number of nitrogens with zero attached hydrogens (tertiary/aromatic N) is 1. The van der Waals surface area contributed by atoms with Gasteiger partial charge in [-0.25, -0.2) is 13.2 Å². The third-order valence-electron chi connectivity index (χ3n) is 0.402. The highest BCUT2D eigenvalue weighted by Gasteiger charge is 2.09. The van der Waals surface area contributed by atoms with Crippen LogP contribution in [0.4, 0.5) is 3.89 Å². The Morgan fingerprint density at radius 3 is 1.62 bits per heavy atom. The molecule has 0 saturated heterocycles. The van der Waals surface area contributed by atoms with Gasteiger partial charge < -0.3 is 4.55 Å². The standard InChI is InChI=1S/C5H12NO2.FHO3S/c1-5(7)8-6(2,3)4;1-5(2,3)4/h1-4H3;(H,2,3,4)/q+1;/p-1. The van der Waals surface area contributed by atoms with E-state index in [4.69, 9.17) is 17.8 Å². The fraction of sp³-hybridized carbons (Fsp3) is 0.800. The molecule has 0 heterocycles. The van der Waals surface area contributed by atoms with Crippen LogP contribution in [-0.4, -0.2) is 44.7 Å². The Bertz CT molecular complexity index is 247. The van der Waals surface area contributed by atoms with Gasteiger partial charge in [-0.05, 0) is 0 Å². The second-order valence-corrected chi connectivity index (χ2v) is 3.65. The molecule has 0 atom stereocenters.